The molecule has 0 amide bonds. The summed E-state index contributed by atoms with van der Waals surface area (Å²) in [6, 6.07) is 5.57. The number of carbonyl (C=O) groups is 1. The van der Waals surface area contributed by atoms with E-state index in [4.69, 9.17) is 5.14 Å². The van der Waals surface area contributed by atoms with Crippen LogP contribution in [0.2, 0.25) is 0 Å². The van der Waals surface area contributed by atoms with Gasteiger partial charge in [0.1, 0.15) is 0 Å². The Balaban J connectivity index is 3.01. The molecular formula is C11H16N2O2S. The van der Waals surface area contributed by atoms with Gasteiger partial charge in [0.15, 0.2) is 0 Å². The maximum Gasteiger partial charge on any atom is 0.339 e. The summed E-state index contributed by atoms with van der Waals surface area (Å²) in [5.41, 5.74) is 1.63. The Morgan fingerprint density at radius 2 is 2.19 bits per heavy atom. The number of nitrogens with zero attached hydrogens (tertiary/aromatic N) is 1. The lowest BCUT2D eigenvalue weighted by molar-refractivity contribution is 0.0597. The third-order valence-corrected chi connectivity index (χ3v) is 2.67. The fraction of sp³-hybridized carbons (Fsp3) is 0.364. The van der Waals surface area contributed by atoms with Gasteiger partial charge in [0, 0.05) is 11.4 Å². The molecule has 0 aromatic heterocycles. The highest BCUT2D eigenvalue weighted by Crippen LogP contribution is 2.21. The van der Waals surface area contributed by atoms with Gasteiger partial charge in [-0.1, -0.05) is 6.07 Å². The largest absolute Gasteiger partial charge is 0.465 e. The molecule has 1 aromatic carbocycles. The number of rotatable bonds is 4. The van der Waals surface area contributed by atoms with Gasteiger partial charge in [-0.3, -0.25) is 5.14 Å². The molecule has 1 rings (SSSR count). The summed E-state index contributed by atoms with van der Waals surface area (Å²) >= 11 is 1.06. The van der Waals surface area contributed by atoms with Crippen molar-refractivity contribution in [1.82, 2.24) is 4.90 Å². The van der Waals surface area contributed by atoms with E-state index in [0.717, 1.165) is 29.0 Å². The molecule has 4 nitrogen and oxygen atoms in total. The molecule has 0 saturated heterocycles. The van der Waals surface area contributed by atoms with Crippen molar-refractivity contribution in [1.29, 1.82) is 0 Å². The maximum atomic E-state index is 11.4. The predicted molar refractivity (Wildman–Crippen MR) is 65.2 cm³/mol. The van der Waals surface area contributed by atoms with Gasteiger partial charge in [-0.05, 0) is 43.7 Å². The summed E-state index contributed by atoms with van der Waals surface area (Å²) in [4.78, 5) is 14.2. The number of methoxy groups -OCH3 is 1. The molecule has 0 aliphatic rings. The van der Waals surface area contributed by atoms with Gasteiger partial charge in [-0.15, -0.1) is 0 Å². The topological polar surface area (TPSA) is 55.6 Å². The first-order chi connectivity index (χ1) is 7.58. The van der Waals surface area contributed by atoms with Gasteiger partial charge >= 0.3 is 5.97 Å². The quantitative estimate of drug-likeness (QED) is 0.638. The third kappa shape index (κ3) is 3.23. The van der Waals surface area contributed by atoms with E-state index in [1.807, 2.05) is 26.2 Å². The van der Waals surface area contributed by atoms with E-state index in [9.17, 15) is 4.79 Å². The third-order valence-electron chi connectivity index (χ3n) is 2.08. The zero-order valence-electron chi connectivity index (χ0n) is 9.69. The molecule has 0 unspecified atom stereocenters. The zero-order valence-corrected chi connectivity index (χ0v) is 10.5. The summed E-state index contributed by atoms with van der Waals surface area (Å²) in [6.07, 6.45) is 0. The number of ether oxygens (including phenoxy) is 1. The molecule has 0 bridgehead atoms. The average Bonchev–Trinajstić information content (AvgIpc) is 2.27. The lowest BCUT2D eigenvalue weighted by Gasteiger charge is -2.12. The van der Waals surface area contributed by atoms with Crippen LogP contribution in [-0.4, -0.2) is 32.1 Å². The Labute approximate surface area is 99.9 Å². The average molecular weight is 240 g/mol. The fourth-order valence-corrected chi connectivity index (χ4v) is 1.90. The van der Waals surface area contributed by atoms with Crippen molar-refractivity contribution in [2.24, 2.45) is 5.14 Å². The fourth-order valence-electron chi connectivity index (χ4n) is 1.41. The molecular weight excluding hydrogens is 224 g/mol. The van der Waals surface area contributed by atoms with Crippen LogP contribution in [0.15, 0.2) is 23.1 Å². The molecule has 0 aliphatic heterocycles. The molecule has 0 fully saturated rings. The van der Waals surface area contributed by atoms with Crippen LogP contribution in [0.5, 0.6) is 0 Å². The van der Waals surface area contributed by atoms with Crippen molar-refractivity contribution < 1.29 is 9.53 Å². The molecule has 0 spiro atoms. The highest BCUT2D eigenvalue weighted by atomic mass is 32.2. The van der Waals surface area contributed by atoms with Crippen LogP contribution in [0.1, 0.15) is 15.9 Å². The second-order valence-electron chi connectivity index (χ2n) is 3.68. The summed E-state index contributed by atoms with van der Waals surface area (Å²) in [7, 11) is 5.34. The molecule has 5 heteroatoms. The molecule has 88 valence electrons. The van der Waals surface area contributed by atoms with E-state index >= 15 is 0 Å². The molecule has 0 atom stereocenters. The van der Waals surface area contributed by atoms with E-state index in [2.05, 4.69) is 9.64 Å². The van der Waals surface area contributed by atoms with Crippen LogP contribution in [0.3, 0.4) is 0 Å². The summed E-state index contributed by atoms with van der Waals surface area (Å²) in [5, 5.41) is 5.54. The van der Waals surface area contributed by atoms with Crippen LogP contribution in [-0.2, 0) is 11.3 Å². The van der Waals surface area contributed by atoms with E-state index in [1.54, 1.807) is 6.07 Å². The van der Waals surface area contributed by atoms with Crippen LogP contribution in [0, 0.1) is 0 Å². The van der Waals surface area contributed by atoms with Crippen molar-refractivity contribution in [3.63, 3.8) is 0 Å². The van der Waals surface area contributed by atoms with Gasteiger partial charge in [-0.25, -0.2) is 4.79 Å². The monoisotopic (exact) mass is 240 g/mol. The molecule has 0 heterocycles. The minimum atomic E-state index is -0.357. The lowest BCUT2D eigenvalue weighted by atomic mass is 10.1. The lowest BCUT2D eigenvalue weighted by Crippen LogP contribution is -2.11. The van der Waals surface area contributed by atoms with E-state index in [0.29, 0.717) is 5.56 Å². The van der Waals surface area contributed by atoms with Crippen LogP contribution >= 0.6 is 11.9 Å². The van der Waals surface area contributed by atoms with Crippen molar-refractivity contribution in [3.05, 3.63) is 29.3 Å². The van der Waals surface area contributed by atoms with E-state index in [-0.39, 0.29) is 5.97 Å². The minimum absolute atomic E-state index is 0.357. The second-order valence-corrected chi connectivity index (χ2v) is 4.35. The Bertz CT molecular complexity index is 380. The number of esters is 1. The van der Waals surface area contributed by atoms with Crippen LogP contribution in [0.4, 0.5) is 0 Å². The van der Waals surface area contributed by atoms with Crippen molar-refractivity contribution in [3.8, 4) is 0 Å². The molecule has 0 radical (unpaired) electrons. The van der Waals surface area contributed by atoms with E-state index < -0.39 is 0 Å². The number of benzene rings is 1. The van der Waals surface area contributed by atoms with Gasteiger partial charge in [0.05, 0.1) is 12.7 Å². The Hall–Kier alpha value is -1.04. The van der Waals surface area contributed by atoms with Crippen LogP contribution in [0.25, 0.3) is 0 Å². The first-order valence-electron chi connectivity index (χ1n) is 4.81. The van der Waals surface area contributed by atoms with Crippen molar-refractivity contribution in [2.45, 2.75) is 11.4 Å². The minimum Gasteiger partial charge on any atom is -0.465 e. The number of carbonyl (C=O) groups excluding carboxylic acids is 1. The zero-order chi connectivity index (χ0) is 12.1. The molecule has 2 N–H and O–H groups in total. The molecule has 16 heavy (non-hydrogen) atoms. The molecule has 0 aliphatic carbocycles. The van der Waals surface area contributed by atoms with Crippen molar-refractivity contribution >= 4 is 17.9 Å². The normalized spacial score (nSPS) is 10.6. The standard InChI is InChI=1S/C11H16N2O2S/c1-13(2)7-8-4-5-9(11(14)15-3)10(6-8)16-12/h4-6H,7,12H2,1-3H3. The highest BCUT2D eigenvalue weighted by molar-refractivity contribution is 7.97. The first kappa shape index (κ1) is 13.0. The van der Waals surface area contributed by atoms with Gasteiger partial charge < -0.3 is 9.64 Å². The number of hydrogen-bond donors (Lipinski definition) is 1. The number of hydrogen-bond acceptors (Lipinski definition) is 5. The van der Waals surface area contributed by atoms with Crippen molar-refractivity contribution in [2.75, 3.05) is 21.2 Å². The summed E-state index contributed by atoms with van der Waals surface area (Å²) in [6.45, 7) is 0.814. The maximum absolute atomic E-state index is 11.4. The summed E-state index contributed by atoms with van der Waals surface area (Å²) < 4.78 is 4.68. The number of nitrogens with two attached hydrogens (primary N) is 1. The first-order valence-corrected chi connectivity index (χ1v) is 5.69. The smallest absolute Gasteiger partial charge is 0.339 e. The Morgan fingerprint density at radius 1 is 1.50 bits per heavy atom. The van der Waals surface area contributed by atoms with Gasteiger partial charge in [0.2, 0.25) is 0 Å². The Kier molecular flexibility index (Phi) is 4.79. The highest BCUT2D eigenvalue weighted by Gasteiger charge is 2.12. The molecule has 0 saturated carbocycles. The second kappa shape index (κ2) is 5.89. The molecule has 1 aromatic rings. The summed E-state index contributed by atoms with van der Waals surface area (Å²) in [5.74, 6) is -0.357. The SMILES string of the molecule is COC(=O)c1ccc(CN(C)C)cc1SN. The van der Waals surface area contributed by atoms with Gasteiger partial charge in [0.25, 0.3) is 0 Å². The van der Waals surface area contributed by atoms with Crippen LogP contribution < -0.4 is 5.14 Å². The Morgan fingerprint density at radius 3 is 2.69 bits per heavy atom. The predicted octanol–water partition coefficient (Wildman–Crippen LogP) is 1.50. The van der Waals surface area contributed by atoms with Gasteiger partial charge in [-0.2, -0.15) is 0 Å². The van der Waals surface area contributed by atoms with E-state index in [1.165, 1.54) is 7.11 Å².